The number of halogens is 2. The van der Waals surface area contributed by atoms with E-state index in [0.29, 0.717) is 9.21 Å². The van der Waals surface area contributed by atoms with E-state index in [2.05, 4.69) is 23.5 Å². The summed E-state index contributed by atoms with van der Waals surface area (Å²) in [5.74, 6) is -2.14. The Morgan fingerprint density at radius 3 is 2.66 bits per heavy atom. The van der Waals surface area contributed by atoms with E-state index >= 15 is 0 Å². The van der Waals surface area contributed by atoms with Gasteiger partial charge in [0.25, 0.3) is 5.91 Å². The lowest BCUT2D eigenvalue weighted by molar-refractivity contribution is 0.103. The number of sulfonamides is 1. The van der Waals surface area contributed by atoms with E-state index in [-0.39, 0.29) is 17.2 Å². The molecule has 152 valence electrons. The molecule has 1 atom stereocenters. The van der Waals surface area contributed by atoms with Crippen molar-refractivity contribution < 1.29 is 17.6 Å². The average Bonchev–Trinajstić information content (AvgIpc) is 3.08. The second-order valence-corrected chi connectivity index (χ2v) is 9.65. The number of nitrogens with zero attached hydrogens (tertiary/aromatic N) is 2. The lowest BCUT2D eigenvalue weighted by atomic mass is 9.91. The SMILES string of the molecule is C=CN1C(N)=N[C@](C=C)(c2cc(NC(=O)c3ccc(Cl)s3)ccc2F)CS1(=O)=O. The van der Waals surface area contributed by atoms with E-state index < -0.39 is 33.0 Å². The predicted octanol–water partition coefficient (Wildman–Crippen LogP) is 3.28. The molecule has 0 saturated heterocycles. The van der Waals surface area contributed by atoms with Gasteiger partial charge >= 0.3 is 0 Å². The van der Waals surface area contributed by atoms with Crippen LogP contribution in [0.25, 0.3) is 0 Å². The van der Waals surface area contributed by atoms with E-state index in [1.807, 2.05) is 0 Å². The molecular formula is C18H16ClFN4O3S2. The summed E-state index contributed by atoms with van der Waals surface area (Å²) in [7, 11) is -3.96. The van der Waals surface area contributed by atoms with Crippen LogP contribution in [0.5, 0.6) is 0 Å². The van der Waals surface area contributed by atoms with Crippen LogP contribution in [0, 0.1) is 5.82 Å². The number of hydrogen-bond donors (Lipinski definition) is 2. The van der Waals surface area contributed by atoms with Crippen LogP contribution in [0.15, 0.2) is 60.8 Å². The van der Waals surface area contributed by atoms with Gasteiger partial charge in [0, 0.05) is 17.5 Å². The second kappa shape index (κ2) is 7.62. The molecule has 1 aliphatic rings. The molecule has 0 radical (unpaired) electrons. The third-order valence-corrected chi connectivity index (χ3v) is 7.20. The minimum atomic E-state index is -3.96. The highest BCUT2D eigenvalue weighted by atomic mass is 35.5. The number of carbonyl (C=O) groups is 1. The molecule has 7 nitrogen and oxygen atoms in total. The van der Waals surface area contributed by atoms with Crippen molar-refractivity contribution in [1.29, 1.82) is 0 Å². The number of hydrogen-bond acceptors (Lipinski definition) is 6. The molecule has 0 fully saturated rings. The van der Waals surface area contributed by atoms with E-state index in [4.69, 9.17) is 17.3 Å². The fourth-order valence-corrected chi connectivity index (χ4v) is 5.42. The molecule has 2 aromatic rings. The normalized spacial score (nSPS) is 20.6. The van der Waals surface area contributed by atoms with Crippen LogP contribution in [0.3, 0.4) is 0 Å². The molecule has 0 spiro atoms. The zero-order valence-electron chi connectivity index (χ0n) is 14.9. The van der Waals surface area contributed by atoms with Crippen molar-refractivity contribution in [2.75, 3.05) is 11.1 Å². The molecule has 0 saturated carbocycles. The zero-order valence-corrected chi connectivity index (χ0v) is 17.3. The fourth-order valence-electron chi connectivity index (χ4n) is 2.90. The van der Waals surface area contributed by atoms with E-state index in [0.717, 1.165) is 27.9 Å². The topological polar surface area (TPSA) is 105 Å². The molecule has 1 aromatic carbocycles. The first-order valence-electron chi connectivity index (χ1n) is 8.12. The van der Waals surface area contributed by atoms with Gasteiger partial charge in [0.05, 0.1) is 9.21 Å². The number of carbonyl (C=O) groups excluding carboxylic acids is 1. The van der Waals surface area contributed by atoms with Gasteiger partial charge in [-0.2, -0.15) is 0 Å². The van der Waals surface area contributed by atoms with Crippen LogP contribution in [0.4, 0.5) is 10.1 Å². The Labute approximate surface area is 176 Å². The summed E-state index contributed by atoms with van der Waals surface area (Å²) in [4.78, 5) is 16.9. The van der Waals surface area contributed by atoms with Crippen molar-refractivity contribution in [3.05, 3.63) is 76.4 Å². The van der Waals surface area contributed by atoms with Crippen molar-refractivity contribution in [1.82, 2.24) is 4.31 Å². The highest BCUT2D eigenvalue weighted by molar-refractivity contribution is 7.89. The maximum Gasteiger partial charge on any atom is 0.265 e. The molecule has 3 rings (SSSR count). The Hall–Kier alpha value is -2.69. The Kier molecular flexibility index (Phi) is 5.52. The van der Waals surface area contributed by atoms with E-state index in [9.17, 15) is 17.6 Å². The summed E-state index contributed by atoms with van der Waals surface area (Å²) in [5, 5.41) is 2.63. The highest BCUT2D eigenvalue weighted by Gasteiger charge is 2.43. The van der Waals surface area contributed by atoms with Gasteiger partial charge in [-0.3, -0.25) is 4.79 Å². The fraction of sp³-hybridized carbons (Fsp3) is 0.111. The highest BCUT2D eigenvalue weighted by Crippen LogP contribution is 2.36. The van der Waals surface area contributed by atoms with Gasteiger partial charge in [0.15, 0.2) is 0 Å². The number of aliphatic imine (C=N–C) groups is 1. The van der Waals surface area contributed by atoms with Gasteiger partial charge in [-0.1, -0.05) is 24.3 Å². The van der Waals surface area contributed by atoms with Gasteiger partial charge in [0.2, 0.25) is 16.0 Å². The standard InChI is InChI=1S/C18H16ClFN4O3S2/c1-3-18(10-29(26,27)24(4-2)17(21)23-18)12-9-11(5-6-13(12)20)22-16(25)14-7-8-15(19)28-14/h3-9H,1-2,10H2,(H2,21,23)(H,22,25)/t18-/m0/s1. The molecule has 1 amide bonds. The van der Waals surface area contributed by atoms with Gasteiger partial charge in [-0.05, 0) is 30.3 Å². The predicted molar refractivity (Wildman–Crippen MR) is 113 cm³/mol. The first-order chi connectivity index (χ1) is 13.6. The average molecular weight is 455 g/mol. The number of rotatable bonds is 5. The van der Waals surface area contributed by atoms with Crippen LogP contribution in [0.1, 0.15) is 15.2 Å². The Balaban J connectivity index is 2.04. The molecule has 1 aliphatic heterocycles. The number of guanidine groups is 1. The summed E-state index contributed by atoms with van der Waals surface area (Å²) in [5.41, 5.74) is 4.26. The molecule has 0 bridgehead atoms. The van der Waals surface area contributed by atoms with Crippen LogP contribution < -0.4 is 11.1 Å². The number of amides is 1. The summed E-state index contributed by atoms with van der Waals surface area (Å²) in [6, 6.07) is 6.90. The van der Waals surface area contributed by atoms with Crippen molar-refractivity contribution in [2.45, 2.75) is 5.54 Å². The van der Waals surface area contributed by atoms with Gasteiger partial charge in [0.1, 0.15) is 17.1 Å². The summed E-state index contributed by atoms with van der Waals surface area (Å²) in [6.45, 7) is 7.03. The van der Waals surface area contributed by atoms with Crippen molar-refractivity contribution in [3.8, 4) is 0 Å². The maximum atomic E-state index is 14.7. The Bertz CT molecular complexity index is 1150. The molecular weight excluding hydrogens is 439 g/mol. The zero-order chi connectivity index (χ0) is 21.4. The number of thiophene rings is 1. The van der Waals surface area contributed by atoms with Gasteiger partial charge < -0.3 is 11.1 Å². The molecule has 3 N–H and O–H groups in total. The molecule has 1 aromatic heterocycles. The molecule has 29 heavy (non-hydrogen) atoms. The minimum absolute atomic E-state index is 0.0928. The quantitative estimate of drug-likeness (QED) is 0.676. The lowest BCUT2D eigenvalue weighted by Gasteiger charge is -2.35. The molecule has 2 heterocycles. The van der Waals surface area contributed by atoms with Crippen LogP contribution >= 0.6 is 22.9 Å². The van der Waals surface area contributed by atoms with Crippen LogP contribution in [-0.4, -0.2) is 30.3 Å². The third-order valence-electron chi connectivity index (χ3n) is 4.23. The first kappa shape index (κ1) is 21.0. The number of nitrogens with two attached hydrogens (primary N) is 1. The largest absolute Gasteiger partial charge is 0.369 e. The maximum absolute atomic E-state index is 14.7. The Morgan fingerprint density at radius 2 is 2.10 bits per heavy atom. The summed E-state index contributed by atoms with van der Waals surface area (Å²) >= 11 is 6.93. The number of nitrogens with one attached hydrogen (secondary N) is 1. The third kappa shape index (κ3) is 3.91. The second-order valence-electron chi connectivity index (χ2n) is 6.09. The Morgan fingerprint density at radius 1 is 1.38 bits per heavy atom. The van der Waals surface area contributed by atoms with Crippen molar-refractivity contribution in [3.63, 3.8) is 0 Å². The van der Waals surface area contributed by atoms with Gasteiger partial charge in [-0.25, -0.2) is 22.1 Å². The first-order valence-corrected chi connectivity index (χ1v) is 10.9. The van der Waals surface area contributed by atoms with Gasteiger partial charge in [-0.15, -0.1) is 17.9 Å². The molecule has 0 aliphatic carbocycles. The van der Waals surface area contributed by atoms with Crippen LogP contribution in [0.2, 0.25) is 4.34 Å². The summed E-state index contributed by atoms with van der Waals surface area (Å²) in [6.07, 6.45) is 2.22. The number of anilines is 1. The van der Waals surface area contributed by atoms with Crippen molar-refractivity contribution in [2.24, 2.45) is 10.7 Å². The van der Waals surface area contributed by atoms with E-state index in [1.54, 1.807) is 12.1 Å². The summed E-state index contributed by atoms with van der Waals surface area (Å²) < 4.78 is 41.0. The lowest BCUT2D eigenvalue weighted by Crippen LogP contribution is -2.50. The number of benzene rings is 1. The molecule has 0 unspecified atom stereocenters. The van der Waals surface area contributed by atoms with Crippen molar-refractivity contribution >= 4 is 50.5 Å². The molecule has 11 heteroatoms. The monoisotopic (exact) mass is 454 g/mol. The van der Waals surface area contributed by atoms with Crippen LogP contribution in [-0.2, 0) is 15.6 Å². The minimum Gasteiger partial charge on any atom is -0.369 e. The van der Waals surface area contributed by atoms with E-state index in [1.165, 1.54) is 18.2 Å². The smallest absolute Gasteiger partial charge is 0.265 e.